The number of rotatable bonds is 4. The molecule has 10 heteroatoms. The number of aliphatic hydroxyl groups excluding tert-OH is 6. The second kappa shape index (κ2) is 7.66. The number of ether oxygens (including phenoxy) is 4. The van der Waals surface area contributed by atoms with E-state index in [0.717, 1.165) is 0 Å². The Morgan fingerprint density at radius 3 is 2.00 bits per heavy atom. The molecule has 23 heavy (non-hydrogen) atoms. The van der Waals surface area contributed by atoms with E-state index in [2.05, 4.69) is 0 Å². The number of hydrogen-bond acceptors (Lipinski definition) is 10. The summed E-state index contributed by atoms with van der Waals surface area (Å²) in [4.78, 5) is 0. The molecule has 10 nitrogen and oxygen atoms in total. The lowest BCUT2D eigenvalue weighted by Crippen LogP contribution is -2.64. The van der Waals surface area contributed by atoms with Gasteiger partial charge in [-0.2, -0.15) is 0 Å². The van der Waals surface area contributed by atoms with Crippen LogP contribution in [0.5, 0.6) is 0 Å². The molecule has 0 aromatic carbocycles. The van der Waals surface area contributed by atoms with Crippen LogP contribution in [-0.4, -0.2) is 106 Å². The molecule has 136 valence electrons. The first kappa shape index (κ1) is 18.9. The van der Waals surface area contributed by atoms with Gasteiger partial charge in [-0.25, -0.2) is 0 Å². The molecule has 2 saturated heterocycles. The predicted octanol–water partition coefficient (Wildman–Crippen LogP) is -3.72. The second-order valence-corrected chi connectivity index (χ2v) is 5.72. The normalized spacial score (nSPS) is 51.7. The Labute approximate surface area is 132 Å². The lowest BCUT2D eigenvalue weighted by molar-refractivity contribution is -0.354. The van der Waals surface area contributed by atoms with E-state index in [1.54, 1.807) is 0 Å². The minimum Gasteiger partial charge on any atom is -0.394 e. The molecule has 0 saturated carbocycles. The molecule has 10 atom stereocenters. The van der Waals surface area contributed by atoms with Gasteiger partial charge in [0.2, 0.25) is 0 Å². The molecule has 2 heterocycles. The van der Waals surface area contributed by atoms with Gasteiger partial charge in [0.15, 0.2) is 12.6 Å². The van der Waals surface area contributed by atoms with Gasteiger partial charge in [0.25, 0.3) is 0 Å². The fourth-order valence-corrected chi connectivity index (χ4v) is 2.70. The second-order valence-electron chi connectivity index (χ2n) is 5.72. The van der Waals surface area contributed by atoms with Crippen LogP contribution in [0.3, 0.4) is 0 Å². The van der Waals surface area contributed by atoms with Crippen LogP contribution in [-0.2, 0) is 18.9 Å². The first-order valence-electron chi connectivity index (χ1n) is 7.32. The Morgan fingerprint density at radius 2 is 1.43 bits per heavy atom. The molecular weight excluding hydrogens is 316 g/mol. The third-order valence-electron chi connectivity index (χ3n) is 4.15. The van der Waals surface area contributed by atoms with Crippen molar-refractivity contribution in [1.29, 1.82) is 0 Å². The number of methoxy groups -OCH3 is 1. The minimum absolute atomic E-state index is 0.544. The summed E-state index contributed by atoms with van der Waals surface area (Å²) < 4.78 is 20.8. The fourth-order valence-electron chi connectivity index (χ4n) is 2.70. The third-order valence-corrected chi connectivity index (χ3v) is 4.15. The predicted molar refractivity (Wildman–Crippen MR) is 72.0 cm³/mol. The van der Waals surface area contributed by atoms with Crippen molar-refractivity contribution >= 4 is 0 Å². The molecule has 6 N–H and O–H groups in total. The Bertz CT molecular complexity index is 380. The molecule has 0 aliphatic carbocycles. The van der Waals surface area contributed by atoms with Crippen LogP contribution < -0.4 is 0 Å². The molecule has 0 amide bonds. The first-order valence-corrected chi connectivity index (χ1v) is 7.32. The van der Waals surface area contributed by atoms with Gasteiger partial charge in [0, 0.05) is 7.11 Å². The molecule has 2 rings (SSSR count). The van der Waals surface area contributed by atoms with Crippen molar-refractivity contribution in [3.8, 4) is 0 Å². The van der Waals surface area contributed by atoms with Gasteiger partial charge in [-0.15, -0.1) is 0 Å². The standard InChI is InChI=1S/C13H24O10/c1-4-6(15)7(16)9(18)13(21-4)23-11-5(3-14)22-12(20-2)10(19)8(11)17/h4-19H,3H2,1-2H3/t4-,5-,6-,7+,8-,9-,10-,11-,12-,13-/m1/s1. The fraction of sp³-hybridized carbons (Fsp3) is 1.00. The number of aliphatic hydroxyl groups is 6. The molecule has 0 radical (unpaired) electrons. The van der Waals surface area contributed by atoms with E-state index in [1.807, 2.05) is 0 Å². The van der Waals surface area contributed by atoms with Crippen LogP contribution >= 0.6 is 0 Å². The van der Waals surface area contributed by atoms with E-state index in [0.29, 0.717) is 0 Å². The molecular formula is C13H24O10. The maximum atomic E-state index is 10.1. The van der Waals surface area contributed by atoms with Crippen molar-refractivity contribution in [2.24, 2.45) is 0 Å². The molecule has 0 spiro atoms. The van der Waals surface area contributed by atoms with Gasteiger partial charge in [-0.3, -0.25) is 0 Å². The molecule has 0 aromatic heterocycles. The van der Waals surface area contributed by atoms with Crippen molar-refractivity contribution in [1.82, 2.24) is 0 Å². The first-order chi connectivity index (χ1) is 10.8. The van der Waals surface area contributed by atoms with E-state index in [-0.39, 0.29) is 0 Å². The Hall–Kier alpha value is -0.400. The van der Waals surface area contributed by atoms with Gasteiger partial charge < -0.3 is 49.6 Å². The van der Waals surface area contributed by atoms with Crippen LogP contribution in [0.1, 0.15) is 6.92 Å². The van der Waals surface area contributed by atoms with Crippen molar-refractivity contribution < 1.29 is 49.6 Å². The zero-order valence-corrected chi connectivity index (χ0v) is 12.8. The van der Waals surface area contributed by atoms with Crippen molar-refractivity contribution in [2.75, 3.05) is 13.7 Å². The van der Waals surface area contributed by atoms with E-state index < -0.39 is 68.0 Å². The van der Waals surface area contributed by atoms with Crippen LogP contribution in [0.2, 0.25) is 0 Å². The summed E-state index contributed by atoms with van der Waals surface area (Å²) in [5.74, 6) is 0. The van der Waals surface area contributed by atoms with Crippen LogP contribution in [0.25, 0.3) is 0 Å². The average Bonchev–Trinajstić information content (AvgIpc) is 2.54. The van der Waals surface area contributed by atoms with E-state index in [1.165, 1.54) is 14.0 Å². The molecule has 2 aliphatic rings. The smallest absolute Gasteiger partial charge is 0.187 e. The topological polar surface area (TPSA) is 158 Å². The molecule has 0 bridgehead atoms. The SMILES string of the molecule is CO[C@@H]1O[C@H](CO)[C@@H](O[C@H]2O[C@H](C)[C@@H](O)[C@H](O)[C@H]2O)[C@H](O)[C@H]1O. The van der Waals surface area contributed by atoms with Gasteiger partial charge in [-0.05, 0) is 6.92 Å². The highest BCUT2D eigenvalue weighted by Gasteiger charge is 2.49. The van der Waals surface area contributed by atoms with Crippen molar-refractivity contribution in [2.45, 2.75) is 68.3 Å². The summed E-state index contributed by atoms with van der Waals surface area (Å²) in [6, 6.07) is 0. The average molecular weight is 340 g/mol. The van der Waals surface area contributed by atoms with Crippen LogP contribution in [0, 0.1) is 0 Å². The molecule has 0 unspecified atom stereocenters. The zero-order valence-electron chi connectivity index (χ0n) is 12.8. The minimum atomic E-state index is -1.58. The quantitative estimate of drug-likeness (QED) is 0.300. The Morgan fingerprint density at radius 1 is 0.826 bits per heavy atom. The molecule has 0 aromatic rings. The monoisotopic (exact) mass is 340 g/mol. The summed E-state index contributed by atoms with van der Waals surface area (Å²) in [5.41, 5.74) is 0. The van der Waals surface area contributed by atoms with Crippen molar-refractivity contribution in [3.63, 3.8) is 0 Å². The van der Waals surface area contributed by atoms with Crippen LogP contribution in [0.4, 0.5) is 0 Å². The molecule has 2 aliphatic heterocycles. The lowest BCUT2D eigenvalue weighted by Gasteiger charge is -2.45. The highest BCUT2D eigenvalue weighted by Crippen LogP contribution is 2.29. The highest BCUT2D eigenvalue weighted by molar-refractivity contribution is 4.93. The van der Waals surface area contributed by atoms with Gasteiger partial charge in [-0.1, -0.05) is 0 Å². The van der Waals surface area contributed by atoms with Gasteiger partial charge in [0.1, 0.15) is 42.7 Å². The van der Waals surface area contributed by atoms with Crippen LogP contribution in [0.15, 0.2) is 0 Å². The number of hydrogen-bond donors (Lipinski definition) is 6. The Kier molecular flexibility index (Phi) is 6.30. The summed E-state index contributed by atoms with van der Waals surface area (Å²) in [6.07, 6.45) is -13.0. The lowest BCUT2D eigenvalue weighted by atomic mass is 9.97. The van der Waals surface area contributed by atoms with E-state index in [4.69, 9.17) is 18.9 Å². The highest BCUT2D eigenvalue weighted by atomic mass is 16.7. The largest absolute Gasteiger partial charge is 0.394 e. The summed E-state index contributed by atoms with van der Waals surface area (Å²) >= 11 is 0. The summed E-state index contributed by atoms with van der Waals surface area (Å²) in [7, 11) is 1.27. The molecule has 2 fully saturated rings. The maximum Gasteiger partial charge on any atom is 0.187 e. The van der Waals surface area contributed by atoms with E-state index in [9.17, 15) is 30.6 Å². The van der Waals surface area contributed by atoms with E-state index >= 15 is 0 Å². The van der Waals surface area contributed by atoms with Gasteiger partial charge in [0.05, 0.1) is 12.7 Å². The zero-order chi connectivity index (χ0) is 17.3. The van der Waals surface area contributed by atoms with Gasteiger partial charge >= 0.3 is 0 Å². The third kappa shape index (κ3) is 3.66. The summed E-state index contributed by atoms with van der Waals surface area (Å²) in [5, 5.41) is 58.8. The van der Waals surface area contributed by atoms with Crippen molar-refractivity contribution in [3.05, 3.63) is 0 Å². The summed E-state index contributed by atoms with van der Waals surface area (Å²) in [6.45, 7) is 0.932. The Balaban J connectivity index is 2.10. The maximum absolute atomic E-state index is 10.1.